The third-order valence-corrected chi connectivity index (χ3v) is 6.78. The zero-order chi connectivity index (χ0) is 24.3. The van der Waals surface area contributed by atoms with Gasteiger partial charge in [0, 0.05) is 5.56 Å². The number of hydrogen-bond donors (Lipinski definition) is 5. The average Bonchev–Trinajstić information content (AvgIpc) is 2.87. The first-order valence-electron chi connectivity index (χ1n) is 11.7. The molecule has 2 fully saturated rings. The van der Waals surface area contributed by atoms with E-state index in [0.29, 0.717) is 17.5 Å². The normalized spacial score (nSPS) is 30.0. The van der Waals surface area contributed by atoms with Gasteiger partial charge in [-0.3, -0.25) is 0 Å². The number of aliphatic hydroxyl groups excluding tert-OH is 4. The molecule has 5 N–H and O–H groups in total. The summed E-state index contributed by atoms with van der Waals surface area (Å²) in [4.78, 5) is 0. The highest BCUT2D eigenvalue weighted by Crippen LogP contribution is 2.37. The largest absolute Gasteiger partial charge is 0.490 e. The summed E-state index contributed by atoms with van der Waals surface area (Å²) >= 11 is 0. The van der Waals surface area contributed by atoms with Crippen molar-refractivity contribution in [2.24, 2.45) is 0 Å². The van der Waals surface area contributed by atoms with Crippen molar-refractivity contribution in [2.75, 3.05) is 6.61 Å². The molecule has 8 heteroatoms. The Kier molecular flexibility index (Phi) is 7.53. The molecule has 8 nitrogen and oxygen atoms in total. The van der Waals surface area contributed by atoms with Crippen molar-refractivity contribution in [1.29, 1.82) is 5.26 Å². The van der Waals surface area contributed by atoms with E-state index in [1.54, 1.807) is 0 Å². The SMILES string of the molecule is N#Cc1ccc([C@@]2(O)O[C@H](CO)[C@@H](O)[C@H](O)[C@H]2O)cc1Cc1ccc(OC2CCCCC2)cc1. The topological polar surface area (TPSA) is 143 Å². The first kappa shape index (κ1) is 24.6. The van der Waals surface area contributed by atoms with Gasteiger partial charge in [0.15, 0.2) is 0 Å². The summed E-state index contributed by atoms with van der Waals surface area (Å²) in [5.74, 6) is -1.56. The maximum Gasteiger partial charge on any atom is 0.222 e. The van der Waals surface area contributed by atoms with Crippen molar-refractivity contribution in [1.82, 2.24) is 0 Å². The van der Waals surface area contributed by atoms with Crippen molar-refractivity contribution in [3.05, 3.63) is 64.7 Å². The lowest BCUT2D eigenvalue weighted by atomic mass is 9.86. The second-order valence-electron chi connectivity index (χ2n) is 9.14. The summed E-state index contributed by atoms with van der Waals surface area (Å²) in [5.41, 5.74) is 2.01. The molecule has 1 aliphatic carbocycles. The number of ether oxygens (including phenoxy) is 2. The van der Waals surface area contributed by atoms with Gasteiger partial charge in [-0.1, -0.05) is 24.6 Å². The van der Waals surface area contributed by atoms with E-state index in [9.17, 15) is 30.8 Å². The van der Waals surface area contributed by atoms with Crippen LogP contribution in [0.5, 0.6) is 5.75 Å². The minimum Gasteiger partial charge on any atom is -0.490 e. The standard InChI is InChI=1S/C26H31NO7/c27-14-17-8-9-19(26(32)25(31)24(30)23(29)22(15-28)34-26)13-18(17)12-16-6-10-21(11-7-16)33-20-4-2-1-3-5-20/h6-11,13,20,22-25,28-32H,1-5,12,15H2/t22-,23-,24+,25-,26-/m1/s1. The predicted molar refractivity (Wildman–Crippen MR) is 122 cm³/mol. The van der Waals surface area contributed by atoms with Crippen molar-refractivity contribution < 1.29 is 35.0 Å². The van der Waals surface area contributed by atoms with Crippen LogP contribution in [0.3, 0.4) is 0 Å². The second-order valence-corrected chi connectivity index (χ2v) is 9.14. The van der Waals surface area contributed by atoms with Gasteiger partial charge < -0.3 is 35.0 Å². The molecule has 1 saturated heterocycles. The van der Waals surface area contributed by atoms with E-state index in [0.717, 1.165) is 24.2 Å². The summed E-state index contributed by atoms with van der Waals surface area (Å²) < 4.78 is 11.5. The number of nitriles is 1. The van der Waals surface area contributed by atoms with E-state index in [2.05, 4.69) is 6.07 Å². The quantitative estimate of drug-likeness (QED) is 0.428. The van der Waals surface area contributed by atoms with E-state index >= 15 is 0 Å². The molecule has 182 valence electrons. The lowest BCUT2D eigenvalue weighted by Crippen LogP contribution is -2.63. The molecule has 4 rings (SSSR count). The van der Waals surface area contributed by atoms with Crippen LogP contribution in [0, 0.1) is 11.3 Å². The van der Waals surface area contributed by atoms with Gasteiger partial charge in [0.1, 0.15) is 30.2 Å². The molecular weight excluding hydrogens is 438 g/mol. The Labute approximate surface area is 198 Å². The highest BCUT2D eigenvalue weighted by Gasteiger charge is 2.53. The van der Waals surface area contributed by atoms with E-state index in [1.807, 2.05) is 24.3 Å². The first-order valence-corrected chi connectivity index (χ1v) is 11.7. The molecule has 0 bridgehead atoms. The highest BCUT2D eigenvalue weighted by atomic mass is 16.7. The third-order valence-electron chi connectivity index (χ3n) is 6.78. The van der Waals surface area contributed by atoms with Crippen LogP contribution in [0.4, 0.5) is 0 Å². The second kappa shape index (κ2) is 10.4. The Hall–Kier alpha value is -2.51. The van der Waals surface area contributed by atoms with Gasteiger partial charge in [0.2, 0.25) is 5.79 Å². The monoisotopic (exact) mass is 469 g/mol. The molecule has 0 unspecified atom stereocenters. The molecule has 5 atom stereocenters. The maximum absolute atomic E-state index is 11.1. The zero-order valence-electron chi connectivity index (χ0n) is 18.9. The van der Waals surface area contributed by atoms with E-state index in [-0.39, 0.29) is 11.7 Å². The van der Waals surface area contributed by atoms with Crippen LogP contribution in [0.2, 0.25) is 0 Å². The summed E-state index contributed by atoms with van der Waals surface area (Å²) in [6, 6.07) is 14.3. The zero-order valence-corrected chi connectivity index (χ0v) is 18.9. The smallest absolute Gasteiger partial charge is 0.222 e. The Bertz CT molecular complexity index is 1010. The molecule has 0 amide bonds. The number of aliphatic hydroxyl groups is 5. The minimum absolute atomic E-state index is 0.107. The lowest BCUT2D eigenvalue weighted by molar-refractivity contribution is -0.357. The predicted octanol–water partition coefficient (Wildman–Crippen LogP) is 1.48. The Morgan fingerprint density at radius 3 is 2.35 bits per heavy atom. The van der Waals surface area contributed by atoms with Crippen LogP contribution in [0.15, 0.2) is 42.5 Å². The summed E-state index contributed by atoms with van der Waals surface area (Å²) in [5, 5.41) is 60.8. The van der Waals surface area contributed by atoms with Gasteiger partial charge in [-0.05, 0) is 67.5 Å². The number of nitrogens with zero attached hydrogens (tertiary/aromatic N) is 1. The third kappa shape index (κ3) is 4.96. The fourth-order valence-electron chi connectivity index (χ4n) is 4.75. The molecule has 0 radical (unpaired) electrons. The Balaban J connectivity index is 1.55. The van der Waals surface area contributed by atoms with Gasteiger partial charge in [0.05, 0.1) is 24.3 Å². The van der Waals surface area contributed by atoms with Crippen molar-refractivity contribution in [3.8, 4) is 11.8 Å². The van der Waals surface area contributed by atoms with Crippen LogP contribution in [-0.4, -0.2) is 62.7 Å². The van der Waals surface area contributed by atoms with Crippen LogP contribution >= 0.6 is 0 Å². The van der Waals surface area contributed by atoms with Gasteiger partial charge in [-0.2, -0.15) is 5.26 Å². The summed E-state index contributed by atoms with van der Waals surface area (Å²) in [6.45, 7) is -0.661. The van der Waals surface area contributed by atoms with Gasteiger partial charge in [-0.25, -0.2) is 0 Å². The van der Waals surface area contributed by atoms with Gasteiger partial charge in [0.25, 0.3) is 0 Å². The molecule has 2 aromatic rings. The average molecular weight is 470 g/mol. The van der Waals surface area contributed by atoms with E-state index in [1.165, 1.54) is 37.5 Å². The fourth-order valence-corrected chi connectivity index (χ4v) is 4.75. The first-order chi connectivity index (χ1) is 16.4. The van der Waals surface area contributed by atoms with Crippen LogP contribution < -0.4 is 4.74 Å². The summed E-state index contributed by atoms with van der Waals surface area (Å²) in [6.07, 6.45) is -0.0375. The highest BCUT2D eigenvalue weighted by molar-refractivity contribution is 5.45. The molecule has 1 aliphatic heterocycles. The van der Waals surface area contributed by atoms with Crippen LogP contribution in [0.1, 0.15) is 54.4 Å². The van der Waals surface area contributed by atoms with Gasteiger partial charge >= 0.3 is 0 Å². The van der Waals surface area contributed by atoms with Crippen LogP contribution in [-0.2, 0) is 16.9 Å². The Morgan fingerprint density at radius 1 is 1.00 bits per heavy atom. The fraction of sp³-hybridized carbons (Fsp3) is 0.500. The molecule has 0 aromatic heterocycles. The van der Waals surface area contributed by atoms with Gasteiger partial charge in [-0.15, -0.1) is 0 Å². The van der Waals surface area contributed by atoms with Crippen molar-refractivity contribution in [2.45, 2.75) is 74.8 Å². The number of rotatable bonds is 6. The molecule has 2 aromatic carbocycles. The number of benzene rings is 2. The van der Waals surface area contributed by atoms with E-state index < -0.39 is 36.8 Å². The van der Waals surface area contributed by atoms with Crippen LogP contribution in [0.25, 0.3) is 0 Å². The van der Waals surface area contributed by atoms with Crippen molar-refractivity contribution in [3.63, 3.8) is 0 Å². The molecule has 1 saturated carbocycles. The molecule has 0 spiro atoms. The molecule has 34 heavy (non-hydrogen) atoms. The molecule has 1 heterocycles. The summed E-state index contributed by atoms with van der Waals surface area (Å²) in [7, 11) is 0. The lowest BCUT2D eigenvalue weighted by Gasteiger charge is -2.45. The minimum atomic E-state index is -2.37. The molecular formula is C26H31NO7. The molecule has 2 aliphatic rings. The number of hydrogen-bond acceptors (Lipinski definition) is 8. The Morgan fingerprint density at radius 2 is 1.71 bits per heavy atom. The van der Waals surface area contributed by atoms with Crippen molar-refractivity contribution >= 4 is 0 Å². The maximum atomic E-state index is 11.1. The van der Waals surface area contributed by atoms with E-state index in [4.69, 9.17) is 9.47 Å².